The van der Waals surface area contributed by atoms with Crippen LogP contribution in [0, 0.1) is 0 Å². The van der Waals surface area contributed by atoms with Gasteiger partial charge in [0.05, 0.1) is 5.60 Å². The average Bonchev–Trinajstić information content (AvgIpc) is 2.36. The van der Waals surface area contributed by atoms with Gasteiger partial charge in [-0.05, 0) is 24.5 Å². The Hall–Kier alpha value is -1.31. The molecule has 1 aromatic rings. The quantitative estimate of drug-likeness (QED) is 0.738. The Morgan fingerprint density at radius 3 is 1.83 bits per heavy atom. The van der Waals surface area contributed by atoms with Gasteiger partial charge in [0.25, 0.3) is 0 Å². The summed E-state index contributed by atoms with van der Waals surface area (Å²) in [5.41, 5.74) is -7.89. The minimum Gasteiger partial charge on any atom is -0.385 e. The van der Waals surface area contributed by atoms with Crippen LogP contribution in [-0.2, 0) is 12.0 Å². The number of aryl methyl sites for hydroxylation is 1. The third kappa shape index (κ3) is 3.97. The highest BCUT2D eigenvalue weighted by molar-refractivity contribution is 5.32. The van der Waals surface area contributed by atoms with Crippen molar-refractivity contribution in [2.75, 3.05) is 0 Å². The molecule has 1 atom stereocenters. The molecule has 132 valence electrons. The summed E-state index contributed by atoms with van der Waals surface area (Å²) in [5, 5.41) is 10.2. The molecule has 23 heavy (non-hydrogen) atoms. The van der Waals surface area contributed by atoms with E-state index in [2.05, 4.69) is 0 Å². The minimum absolute atomic E-state index is 0.141. The Balaban J connectivity index is 3.33. The van der Waals surface area contributed by atoms with Gasteiger partial charge < -0.3 is 5.11 Å². The Bertz CT molecular complexity index is 517. The third-order valence-corrected chi connectivity index (χ3v) is 3.60. The lowest BCUT2D eigenvalue weighted by atomic mass is 9.81. The molecule has 0 amide bonds. The van der Waals surface area contributed by atoms with Gasteiger partial charge in [-0.3, -0.25) is 0 Å². The zero-order valence-electron chi connectivity index (χ0n) is 12.5. The van der Waals surface area contributed by atoms with E-state index in [0.717, 1.165) is 6.92 Å². The van der Waals surface area contributed by atoms with Crippen LogP contribution in [0.5, 0.6) is 0 Å². The van der Waals surface area contributed by atoms with Gasteiger partial charge in [0.1, 0.15) is 0 Å². The number of hydrogen-bond acceptors (Lipinski definition) is 1. The van der Waals surface area contributed by atoms with Crippen molar-refractivity contribution < 1.29 is 35.8 Å². The lowest BCUT2D eigenvalue weighted by molar-refractivity contribution is -0.352. The highest BCUT2D eigenvalue weighted by Crippen LogP contribution is 2.52. The summed E-state index contributed by atoms with van der Waals surface area (Å²) in [4.78, 5) is 0. The summed E-state index contributed by atoms with van der Waals surface area (Å²) in [5.74, 6) is 0. The van der Waals surface area contributed by atoms with Gasteiger partial charge >= 0.3 is 18.0 Å². The van der Waals surface area contributed by atoms with E-state index in [1.165, 1.54) is 18.2 Å². The van der Waals surface area contributed by atoms with E-state index in [0.29, 0.717) is 18.4 Å². The molecular weight excluding hydrogens is 329 g/mol. The van der Waals surface area contributed by atoms with Crippen molar-refractivity contribution >= 4 is 0 Å². The third-order valence-electron chi connectivity index (χ3n) is 3.60. The van der Waals surface area contributed by atoms with Crippen molar-refractivity contribution in [1.29, 1.82) is 0 Å². The van der Waals surface area contributed by atoms with Crippen LogP contribution in [0.25, 0.3) is 0 Å². The van der Waals surface area contributed by atoms with Crippen molar-refractivity contribution in [3.8, 4) is 0 Å². The molecule has 0 fully saturated rings. The zero-order valence-corrected chi connectivity index (χ0v) is 12.5. The highest BCUT2D eigenvalue weighted by Gasteiger charge is 2.73. The summed E-state index contributed by atoms with van der Waals surface area (Å²) < 4.78 is 90.0. The number of rotatable bonds is 5. The van der Waals surface area contributed by atoms with Crippen LogP contribution >= 0.6 is 0 Å². The molecule has 1 rings (SSSR count). The lowest BCUT2D eigenvalue weighted by Crippen LogP contribution is -2.56. The number of halogens is 7. The highest BCUT2D eigenvalue weighted by atomic mass is 19.4. The van der Waals surface area contributed by atoms with Crippen molar-refractivity contribution in [2.24, 2.45) is 0 Å². The van der Waals surface area contributed by atoms with E-state index in [9.17, 15) is 35.8 Å². The van der Waals surface area contributed by atoms with Crippen LogP contribution in [0.2, 0.25) is 0 Å². The van der Waals surface area contributed by atoms with E-state index in [4.69, 9.17) is 0 Å². The molecule has 0 aliphatic heterocycles. The zero-order chi connectivity index (χ0) is 18.1. The summed E-state index contributed by atoms with van der Waals surface area (Å²) >= 11 is 0. The fraction of sp³-hybridized carbons (Fsp3) is 0.600. The SMILES string of the molecule is CCCc1ccccc1C(C)(O)CC(F)(C(F)(F)F)C(F)(F)F. The summed E-state index contributed by atoms with van der Waals surface area (Å²) in [7, 11) is 0. The van der Waals surface area contributed by atoms with Gasteiger partial charge in [-0.2, -0.15) is 26.3 Å². The van der Waals surface area contributed by atoms with Crippen LogP contribution in [0.1, 0.15) is 37.8 Å². The number of hydrogen-bond donors (Lipinski definition) is 1. The second kappa shape index (κ2) is 6.30. The van der Waals surface area contributed by atoms with E-state index in [1.807, 2.05) is 0 Å². The maximum Gasteiger partial charge on any atom is 0.431 e. The molecule has 0 saturated carbocycles. The second-order valence-corrected chi connectivity index (χ2v) is 5.65. The lowest BCUT2D eigenvalue weighted by Gasteiger charge is -2.36. The Morgan fingerprint density at radius 2 is 1.39 bits per heavy atom. The molecule has 0 aliphatic rings. The summed E-state index contributed by atoms with van der Waals surface area (Å²) in [6, 6.07) is 5.59. The fourth-order valence-electron chi connectivity index (χ4n) is 2.46. The largest absolute Gasteiger partial charge is 0.431 e. The normalized spacial score (nSPS) is 16.3. The molecule has 1 nitrogen and oxygen atoms in total. The Labute approximate surface area is 129 Å². The fourth-order valence-corrected chi connectivity index (χ4v) is 2.46. The van der Waals surface area contributed by atoms with Crippen LogP contribution in [0.15, 0.2) is 24.3 Å². The summed E-state index contributed by atoms with van der Waals surface area (Å²) in [6.45, 7) is 2.52. The first-order valence-corrected chi connectivity index (χ1v) is 6.89. The molecule has 1 aromatic carbocycles. The molecule has 8 heteroatoms. The smallest absolute Gasteiger partial charge is 0.385 e. The van der Waals surface area contributed by atoms with Gasteiger partial charge in [0, 0.05) is 6.42 Å². The molecular formula is C15H17F7O. The molecule has 0 aromatic heterocycles. The van der Waals surface area contributed by atoms with Crippen LogP contribution < -0.4 is 0 Å². The number of alkyl halides is 7. The summed E-state index contributed by atoms with van der Waals surface area (Å²) in [6.07, 6.45) is -13.6. The van der Waals surface area contributed by atoms with Crippen molar-refractivity contribution in [3.63, 3.8) is 0 Å². The monoisotopic (exact) mass is 346 g/mol. The standard InChI is InChI=1S/C15H17F7O/c1-3-6-10-7-4-5-8-11(10)12(2,23)9-13(16,14(17,18)19)15(20,21)22/h4-5,7-8,23H,3,6,9H2,1-2H3. The molecule has 0 heterocycles. The van der Waals surface area contributed by atoms with E-state index < -0.39 is 30.0 Å². The molecule has 0 aliphatic carbocycles. The van der Waals surface area contributed by atoms with E-state index in [1.54, 1.807) is 13.0 Å². The molecule has 0 radical (unpaired) electrons. The Kier molecular flexibility index (Phi) is 5.40. The molecule has 0 bridgehead atoms. The first-order chi connectivity index (χ1) is 10.3. The van der Waals surface area contributed by atoms with Gasteiger partial charge in [0.2, 0.25) is 0 Å². The van der Waals surface area contributed by atoms with E-state index >= 15 is 0 Å². The van der Waals surface area contributed by atoms with Crippen molar-refractivity contribution in [3.05, 3.63) is 35.4 Å². The van der Waals surface area contributed by atoms with Crippen LogP contribution in [0.4, 0.5) is 30.7 Å². The minimum atomic E-state index is -6.19. The predicted molar refractivity (Wildman–Crippen MR) is 70.6 cm³/mol. The molecule has 0 spiro atoms. The van der Waals surface area contributed by atoms with Gasteiger partial charge in [-0.1, -0.05) is 37.6 Å². The second-order valence-electron chi connectivity index (χ2n) is 5.65. The first-order valence-electron chi connectivity index (χ1n) is 6.89. The Morgan fingerprint density at radius 1 is 0.913 bits per heavy atom. The number of aliphatic hydroxyl groups is 1. The van der Waals surface area contributed by atoms with Crippen molar-refractivity contribution in [2.45, 2.75) is 56.7 Å². The molecule has 0 saturated heterocycles. The van der Waals surface area contributed by atoms with Gasteiger partial charge in [0.15, 0.2) is 0 Å². The average molecular weight is 346 g/mol. The van der Waals surface area contributed by atoms with Gasteiger partial charge in [-0.15, -0.1) is 0 Å². The van der Waals surface area contributed by atoms with Crippen LogP contribution in [0.3, 0.4) is 0 Å². The first kappa shape index (κ1) is 19.7. The number of benzene rings is 1. The molecule has 1 unspecified atom stereocenters. The van der Waals surface area contributed by atoms with Crippen LogP contribution in [-0.4, -0.2) is 23.1 Å². The van der Waals surface area contributed by atoms with Crippen molar-refractivity contribution in [1.82, 2.24) is 0 Å². The maximum atomic E-state index is 13.9. The van der Waals surface area contributed by atoms with E-state index in [-0.39, 0.29) is 5.56 Å². The predicted octanol–water partition coefficient (Wildman–Crippen LogP) is 5.07. The maximum absolute atomic E-state index is 13.9. The molecule has 1 N–H and O–H groups in total. The topological polar surface area (TPSA) is 20.2 Å². The van der Waals surface area contributed by atoms with Gasteiger partial charge in [-0.25, -0.2) is 4.39 Å².